The number of hydrogen-bond acceptors (Lipinski definition) is 6. The van der Waals surface area contributed by atoms with Crippen LogP contribution in [0, 0.1) is 5.92 Å². The predicted octanol–water partition coefficient (Wildman–Crippen LogP) is -0.130. The number of carboxylic acid groups (broad SMARTS) is 1. The van der Waals surface area contributed by atoms with Crippen LogP contribution in [0.4, 0.5) is 0 Å². The fourth-order valence-corrected chi connectivity index (χ4v) is 3.63. The van der Waals surface area contributed by atoms with Crippen molar-refractivity contribution in [2.75, 3.05) is 0 Å². The molecule has 0 aliphatic carbocycles. The molecule has 2 aromatic carbocycles. The van der Waals surface area contributed by atoms with E-state index in [2.05, 4.69) is 16.0 Å². The molecular weight excluding hydrogens is 490 g/mol. The maximum absolute atomic E-state index is 13.3. The van der Waals surface area contributed by atoms with Crippen LogP contribution in [0.5, 0.6) is 0 Å². The summed E-state index contributed by atoms with van der Waals surface area (Å²) in [6.07, 6.45) is -0.508. The summed E-state index contributed by atoms with van der Waals surface area (Å²) in [5, 5.41) is 17.1. The first-order chi connectivity index (χ1) is 18.0. The maximum atomic E-state index is 13.3. The molecule has 0 aromatic heterocycles. The first-order valence-corrected chi connectivity index (χ1v) is 12.2. The Labute approximate surface area is 221 Å². The van der Waals surface area contributed by atoms with Crippen molar-refractivity contribution in [1.29, 1.82) is 0 Å². The Morgan fingerprint density at radius 1 is 0.711 bits per heavy atom. The maximum Gasteiger partial charge on any atom is 0.326 e. The molecule has 2 aromatic rings. The summed E-state index contributed by atoms with van der Waals surface area (Å²) in [6, 6.07) is 12.8. The molecule has 0 saturated carbocycles. The van der Waals surface area contributed by atoms with Crippen LogP contribution >= 0.6 is 0 Å². The van der Waals surface area contributed by atoms with Crippen LogP contribution in [0.15, 0.2) is 60.7 Å². The average molecular weight is 526 g/mol. The van der Waals surface area contributed by atoms with Crippen LogP contribution in [-0.2, 0) is 36.8 Å². The molecule has 4 unspecified atom stereocenters. The van der Waals surface area contributed by atoms with Crippen molar-refractivity contribution in [2.45, 2.75) is 57.3 Å². The number of carbonyl (C=O) groups is 5. The number of carboxylic acids is 1. The molecule has 0 aliphatic rings. The number of hydrogen-bond donors (Lipinski definition) is 6. The van der Waals surface area contributed by atoms with Crippen LogP contribution < -0.4 is 27.4 Å². The molecule has 0 radical (unpaired) electrons. The van der Waals surface area contributed by atoms with E-state index < -0.39 is 60.2 Å². The average Bonchev–Trinajstić information content (AvgIpc) is 2.87. The summed E-state index contributed by atoms with van der Waals surface area (Å²) in [5.74, 6) is -4.57. The molecule has 4 amide bonds. The SMILES string of the molecule is CC(C)C(N)C(=O)NC(Cc1ccccc1)C(=O)NC(CC(N)=O)C(=O)NC(Cc1ccccc1)C(=O)O. The molecule has 4 atom stereocenters. The van der Waals surface area contributed by atoms with Gasteiger partial charge in [-0.2, -0.15) is 0 Å². The molecule has 2 rings (SSSR count). The van der Waals surface area contributed by atoms with Crippen molar-refractivity contribution in [3.8, 4) is 0 Å². The number of nitrogens with two attached hydrogens (primary N) is 2. The van der Waals surface area contributed by atoms with Gasteiger partial charge in [0.15, 0.2) is 0 Å². The Balaban J connectivity index is 2.22. The normalized spacial score (nSPS) is 14.0. The number of nitrogens with one attached hydrogen (secondary N) is 3. The minimum Gasteiger partial charge on any atom is -0.480 e. The highest BCUT2D eigenvalue weighted by atomic mass is 16.4. The van der Waals surface area contributed by atoms with Crippen molar-refractivity contribution in [2.24, 2.45) is 17.4 Å². The molecular formula is C27H35N5O6. The number of rotatable bonds is 14. The Hall–Kier alpha value is -4.25. The summed E-state index contributed by atoms with van der Waals surface area (Å²) in [6.45, 7) is 3.52. The van der Waals surface area contributed by atoms with E-state index in [1.165, 1.54) is 0 Å². The van der Waals surface area contributed by atoms with Crippen LogP contribution in [0.3, 0.4) is 0 Å². The first-order valence-electron chi connectivity index (χ1n) is 12.2. The molecule has 204 valence electrons. The molecule has 0 saturated heterocycles. The van der Waals surface area contributed by atoms with E-state index in [9.17, 15) is 29.1 Å². The van der Waals surface area contributed by atoms with Gasteiger partial charge >= 0.3 is 5.97 Å². The van der Waals surface area contributed by atoms with Crippen LogP contribution in [0.1, 0.15) is 31.4 Å². The number of aliphatic carboxylic acids is 1. The fraction of sp³-hybridized carbons (Fsp3) is 0.370. The lowest BCUT2D eigenvalue weighted by Crippen LogP contribution is -2.58. The highest BCUT2D eigenvalue weighted by Gasteiger charge is 2.31. The summed E-state index contributed by atoms with van der Waals surface area (Å²) < 4.78 is 0. The number of carbonyl (C=O) groups excluding carboxylic acids is 4. The summed E-state index contributed by atoms with van der Waals surface area (Å²) in [7, 11) is 0. The largest absolute Gasteiger partial charge is 0.480 e. The monoisotopic (exact) mass is 525 g/mol. The van der Waals surface area contributed by atoms with Gasteiger partial charge in [0.2, 0.25) is 23.6 Å². The Morgan fingerprint density at radius 3 is 1.58 bits per heavy atom. The quantitative estimate of drug-likeness (QED) is 0.198. The lowest BCUT2D eigenvalue weighted by molar-refractivity contribution is -0.142. The van der Waals surface area contributed by atoms with Gasteiger partial charge in [0.05, 0.1) is 12.5 Å². The van der Waals surface area contributed by atoms with Crippen molar-refractivity contribution in [1.82, 2.24) is 16.0 Å². The van der Waals surface area contributed by atoms with Crippen molar-refractivity contribution in [3.05, 3.63) is 71.8 Å². The molecule has 8 N–H and O–H groups in total. The summed E-state index contributed by atoms with van der Waals surface area (Å²) >= 11 is 0. The van der Waals surface area contributed by atoms with Gasteiger partial charge in [-0.15, -0.1) is 0 Å². The summed E-state index contributed by atoms with van der Waals surface area (Å²) in [4.78, 5) is 62.4. The van der Waals surface area contributed by atoms with Crippen LogP contribution in [0.2, 0.25) is 0 Å². The lowest BCUT2D eigenvalue weighted by Gasteiger charge is -2.25. The third kappa shape index (κ3) is 9.66. The molecule has 0 spiro atoms. The Bertz CT molecular complexity index is 1110. The second-order valence-corrected chi connectivity index (χ2v) is 9.34. The van der Waals surface area contributed by atoms with E-state index in [1.807, 2.05) is 0 Å². The molecule has 0 heterocycles. The molecule has 38 heavy (non-hydrogen) atoms. The second-order valence-electron chi connectivity index (χ2n) is 9.34. The molecule has 0 bridgehead atoms. The van der Waals surface area contributed by atoms with Gasteiger partial charge in [-0.3, -0.25) is 19.2 Å². The number of amides is 4. The highest BCUT2D eigenvalue weighted by Crippen LogP contribution is 2.08. The zero-order valence-electron chi connectivity index (χ0n) is 21.4. The molecule has 11 heteroatoms. The van der Waals surface area contributed by atoms with Crippen LogP contribution in [0.25, 0.3) is 0 Å². The second kappa shape index (κ2) is 14.5. The number of primary amides is 1. The Kier molecular flexibility index (Phi) is 11.4. The molecule has 0 fully saturated rings. The van der Waals surface area contributed by atoms with E-state index in [0.29, 0.717) is 5.56 Å². The van der Waals surface area contributed by atoms with Gasteiger partial charge in [0.1, 0.15) is 18.1 Å². The smallest absolute Gasteiger partial charge is 0.326 e. The zero-order chi connectivity index (χ0) is 28.2. The van der Waals surface area contributed by atoms with E-state index in [4.69, 9.17) is 11.5 Å². The summed E-state index contributed by atoms with van der Waals surface area (Å²) in [5.41, 5.74) is 12.6. The highest BCUT2D eigenvalue weighted by molar-refractivity contribution is 5.96. The molecule has 11 nitrogen and oxygen atoms in total. The van der Waals surface area contributed by atoms with Crippen molar-refractivity contribution < 1.29 is 29.1 Å². The predicted molar refractivity (Wildman–Crippen MR) is 140 cm³/mol. The van der Waals surface area contributed by atoms with E-state index in [0.717, 1.165) is 5.56 Å². The minimum absolute atomic E-state index is 0.0149. The van der Waals surface area contributed by atoms with Gasteiger partial charge in [-0.25, -0.2) is 4.79 Å². The topological polar surface area (TPSA) is 194 Å². The fourth-order valence-electron chi connectivity index (χ4n) is 3.63. The van der Waals surface area contributed by atoms with Gasteiger partial charge in [0, 0.05) is 12.8 Å². The van der Waals surface area contributed by atoms with E-state index >= 15 is 0 Å². The van der Waals surface area contributed by atoms with Crippen molar-refractivity contribution in [3.63, 3.8) is 0 Å². The van der Waals surface area contributed by atoms with Gasteiger partial charge < -0.3 is 32.5 Å². The van der Waals surface area contributed by atoms with Crippen molar-refractivity contribution >= 4 is 29.6 Å². The number of benzene rings is 2. The van der Waals surface area contributed by atoms with Gasteiger partial charge in [-0.1, -0.05) is 74.5 Å². The third-order valence-electron chi connectivity index (χ3n) is 5.87. The van der Waals surface area contributed by atoms with Gasteiger partial charge in [0.25, 0.3) is 0 Å². The standard InChI is InChI=1S/C27H35N5O6/c1-16(2)23(29)26(36)31-19(13-17-9-5-3-6-10-17)24(34)30-20(15-22(28)33)25(35)32-21(27(37)38)14-18-11-7-4-8-12-18/h3-12,16,19-21,23H,13-15,29H2,1-2H3,(H2,28,33)(H,30,34)(H,31,36)(H,32,35)(H,37,38). The van der Waals surface area contributed by atoms with Crippen LogP contribution in [-0.4, -0.2) is 58.9 Å². The van der Waals surface area contributed by atoms with Gasteiger partial charge in [-0.05, 0) is 17.0 Å². The van der Waals surface area contributed by atoms with E-state index in [-0.39, 0.29) is 18.8 Å². The first kappa shape index (κ1) is 30.0. The minimum atomic E-state index is -1.47. The zero-order valence-corrected chi connectivity index (χ0v) is 21.4. The Morgan fingerprint density at radius 2 is 1.13 bits per heavy atom. The third-order valence-corrected chi connectivity index (χ3v) is 5.87. The molecule has 0 aliphatic heterocycles. The lowest BCUT2D eigenvalue weighted by atomic mass is 10.0. The van der Waals surface area contributed by atoms with E-state index in [1.54, 1.807) is 74.5 Å².